The first-order valence-electron chi connectivity index (χ1n) is 7.34. The van der Waals surface area contributed by atoms with Gasteiger partial charge in [-0.05, 0) is 12.6 Å². The van der Waals surface area contributed by atoms with E-state index < -0.39 is 11.2 Å². The number of nitrogens with zero attached hydrogens (tertiary/aromatic N) is 4. The Kier molecular flexibility index (Phi) is 5.23. The molecule has 7 nitrogen and oxygen atoms in total. The lowest BCUT2D eigenvalue weighted by atomic mass is 10.2. The van der Waals surface area contributed by atoms with Crippen LogP contribution in [0.3, 0.4) is 0 Å². The maximum Gasteiger partial charge on any atom is 0.346 e. The smallest absolute Gasteiger partial charge is 0.303 e. The lowest BCUT2D eigenvalue weighted by Gasteiger charge is -2.16. The fraction of sp³-hybridized carbons (Fsp3) is 0.375. The highest BCUT2D eigenvalue weighted by Gasteiger charge is 2.14. The van der Waals surface area contributed by atoms with E-state index in [-0.39, 0.29) is 11.4 Å². The molecule has 0 spiro atoms. The first-order chi connectivity index (χ1) is 10.9. The van der Waals surface area contributed by atoms with Crippen molar-refractivity contribution in [3.8, 4) is 0 Å². The fourth-order valence-corrected chi connectivity index (χ4v) is 2.28. The maximum absolute atomic E-state index is 12.1. The predicted octanol–water partition coefficient (Wildman–Crippen LogP) is 0.369. The van der Waals surface area contributed by atoms with E-state index in [0.29, 0.717) is 13.0 Å². The monoisotopic (exact) mass is 315 g/mol. The normalized spacial score (nSPS) is 11.0. The van der Waals surface area contributed by atoms with Crippen LogP contribution in [0.15, 0.2) is 39.9 Å². The third-order valence-corrected chi connectivity index (χ3v) is 3.65. The summed E-state index contributed by atoms with van der Waals surface area (Å²) in [7, 11) is 4.83. The van der Waals surface area contributed by atoms with E-state index >= 15 is 0 Å². The van der Waals surface area contributed by atoms with E-state index in [4.69, 9.17) is 5.41 Å². The van der Waals surface area contributed by atoms with E-state index in [1.807, 2.05) is 37.4 Å². The Bertz CT molecular complexity index is 807. The fourth-order valence-electron chi connectivity index (χ4n) is 2.28. The van der Waals surface area contributed by atoms with Gasteiger partial charge in [-0.2, -0.15) is 5.10 Å². The van der Waals surface area contributed by atoms with E-state index in [9.17, 15) is 9.59 Å². The van der Waals surface area contributed by atoms with Gasteiger partial charge in [0.1, 0.15) is 0 Å². The molecule has 2 rings (SSSR count). The van der Waals surface area contributed by atoms with Gasteiger partial charge in [0.15, 0.2) is 5.69 Å². The molecule has 0 radical (unpaired) electrons. The van der Waals surface area contributed by atoms with E-state index in [1.165, 1.54) is 19.7 Å². The van der Waals surface area contributed by atoms with Crippen LogP contribution < -0.4 is 11.2 Å². The number of rotatable bonds is 6. The minimum Gasteiger partial charge on any atom is -0.303 e. The zero-order valence-corrected chi connectivity index (χ0v) is 13.6. The Morgan fingerprint density at radius 2 is 1.87 bits per heavy atom. The van der Waals surface area contributed by atoms with Crippen LogP contribution in [0.25, 0.3) is 0 Å². The SMILES string of the molecule is CN(CCC(=N)c1nn(C)c(=O)n(C)c1=O)Cc1ccccc1. The molecular weight excluding hydrogens is 294 g/mol. The first kappa shape index (κ1) is 16.8. The second kappa shape index (κ2) is 7.15. The van der Waals surface area contributed by atoms with Crippen molar-refractivity contribution in [1.29, 1.82) is 5.41 Å². The highest BCUT2D eigenvalue weighted by molar-refractivity contribution is 5.96. The Balaban J connectivity index is 2.03. The highest BCUT2D eigenvalue weighted by atomic mass is 16.2. The Hall–Kier alpha value is -2.54. The summed E-state index contributed by atoms with van der Waals surface area (Å²) >= 11 is 0. The van der Waals surface area contributed by atoms with Crippen molar-refractivity contribution in [3.63, 3.8) is 0 Å². The van der Waals surface area contributed by atoms with Gasteiger partial charge in [0.25, 0.3) is 5.56 Å². The summed E-state index contributed by atoms with van der Waals surface area (Å²) in [6, 6.07) is 10.0. The second-order valence-corrected chi connectivity index (χ2v) is 5.57. The average Bonchev–Trinajstić information content (AvgIpc) is 2.55. The molecule has 0 aliphatic heterocycles. The lowest BCUT2D eigenvalue weighted by Crippen LogP contribution is -2.42. The molecule has 2 aromatic rings. The van der Waals surface area contributed by atoms with Gasteiger partial charge in [0.05, 0.1) is 5.71 Å². The van der Waals surface area contributed by atoms with Crippen molar-refractivity contribution in [2.24, 2.45) is 14.1 Å². The predicted molar refractivity (Wildman–Crippen MR) is 88.9 cm³/mol. The molecular formula is C16H21N5O2. The van der Waals surface area contributed by atoms with Crippen molar-refractivity contribution in [2.45, 2.75) is 13.0 Å². The Morgan fingerprint density at radius 1 is 1.22 bits per heavy atom. The van der Waals surface area contributed by atoms with Gasteiger partial charge in [-0.3, -0.25) is 9.36 Å². The number of hydrogen-bond acceptors (Lipinski definition) is 5. The molecule has 122 valence electrons. The second-order valence-electron chi connectivity index (χ2n) is 5.57. The van der Waals surface area contributed by atoms with E-state index in [1.54, 1.807) is 0 Å². The van der Waals surface area contributed by atoms with Gasteiger partial charge in [-0.1, -0.05) is 30.3 Å². The number of hydrogen-bond donors (Lipinski definition) is 1. The van der Waals surface area contributed by atoms with Crippen molar-refractivity contribution < 1.29 is 0 Å². The molecule has 23 heavy (non-hydrogen) atoms. The molecule has 0 bridgehead atoms. The van der Waals surface area contributed by atoms with Gasteiger partial charge in [0, 0.05) is 33.6 Å². The third-order valence-electron chi connectivity index (χ3n) is 3.65. The number of nitrogens with one attached hydrogen (secondary N) is 1. The van der Waals surface area contributed by atoms with Crippen LogP contribution in [-0.2, 0) is 20.6 Å². The van der Waals surface area contributed by atoms with Crippen molar-refractivity contribution in [2.75, 3.05) is 13.6 Å². The first-order valence-corrected chi connectivity index (χ1v) is 7.34. The molecule has 0 aliphatic rings. The van der Waals surface area contributed by atoms with Crippen molar-refractivity contribution >= 4 is 5.71 Å². The molecule has 0 unspecified atom stereocenters. The Labute approximate surface area is 134 Å². The van der Waals surface area contributed by atoms with Crippen LogP contribution in [0.5, 0.6) is 0 Å². The van der Waals surface area contributed by atoms with Gasteiger partial charge in [-0.25, -0.2) is 9.48 Å². The minimum atomic E-state index is -0.524. The molecule has 1 aromatic carbocycles. The average molecular weight is 315 g/mol. The van der Waals surface area contributed by atoms with Crippen LogP contribution in [0, 0.1) is 5.41 Å². The summed E-state index contributed by atoms with van der Waals surface area (Å²) in [5.74, 6) is 0. The quantitative estimate of drug-likeness (QED) is 0.781. The largest absolute Gasteiger partial charge is 0.346 e. The standard InChI is InChI=1S/C16H21N5O2/c1-19(11-12-7-5-4-6-8-12)10-9-13(17)14-15(22)20(2)16(23)21(3)18-14/h4-8,17H,9-11H2,1-3H3. The van der Waals surface area contributed by atoms with E-state index in [2.05, 4.69) is 10.00 Å². The molecule has 0 amide bonds. The van der Waals surface area contributed by atoms with Gasteiger partial charge < -0.3 is 10.3 Å². The molecule has 1 aromatic heterocycles. The molecule has 1 heterocycles. The summed E-state index contributed by atoms with van der Waals surface area (Å²) in [6.45, 7) is 1.40. The summed E-state index contributed by atoms with van der Waals surface area (Å²) in [6.07, 6.45) is 0.393. The van der Waals surface area contributed by atoms with Gasteiger partial charge >= 0.3 is 5.69 Å². The molecule has 1 N–H and O–H groups in total. The number of benzene rings is 1. The van der Waals surface area contributed by atoms with Gasteiger partial charge in [0.2, 0.25) is 0 Å². The molecule has 7 heteroatoms. The summed E-state index contributed by atoms with van der Waals surface area (Å²) < 4.78 is 2.06. The van der Waals surface area contributed by atoms with Crippen LogP contribution >= 0.6 is 0 Å². The summed E-state index contributed by atoms with van der Waals surface area (Å²) in [4.78, 5) is 25.7. The highest BCUT2D eigenvalue weighted by Crippen LogP contribution is 2.03. The third kappa shape index (κ3) is 4.01. The van der Waals surface area contributed by atoms with Crippen molar-refractivity contribution in [3.05, 3.63) is 62.4 Å². The van der Waals surface area contributed by atoms with Crippen LogP contribution in [0.4, 0.5) is 0 Å². The summed E-state index contributed by atoms with van der Waals surface area (Å²) in [5, 5.41) is 12.0. The number of aryl methyl sites for hydroxylation is 1. The molecule has 0 saturated carbocycles. The van der Waals surface area contributed by atoms with Crippen LogP contribution in [0.1, 0.15) is 17.7 Å². The maximum atomic E-state index is 12.1. The lowest BCUT2D eigenvalue weighted by molar-refractivity contribution is 0.337. The topological polar surface area (TPSA) is 84.0 Å². The number of aromatic nitrogens is 3. The zero-order valence-electron chi connectivity index (χ0n) is 13.6. The van der Waals surface area contributed by atoms with Gasteiger partial charge in [-0.15, -0.1) is 0 Å². The molecule has 0 aliphatic carbocycles. The molecule has 0 atom stereocenters. The van der Waals surface area contributed by atoms with Crippen molar-refractivity contribution in [1.82, 2.24) is 19.2 Å². The molecule has 0 saturated heterocycles. The zero-order chi connectivity index (χ0) is 17.0. The van der Waals surface area contributed by atoms with E-state index in [0.717, 1.165) is 15.8 Å². The Morgan fingerprint density at radius 3 is 2.52 bits per heavy atom. The molecule has 0 fully saturated rings. The van der Waals surface area contributed by atoms with Crippen LogP contribution in [-0.4, -0.2) is 38.6 Å². The summed E-state index contributed by atoms with van der Waals surface area (Å²) in [5.41, 5.74) is 0.345. The van der Waals surface area contributed by atoms with Crippen LogP contribution in [0.2, 0.25) is 0 Å². The minimum absolute atomic E-state index is 0.0303.